The van der Waals surface area contributed by atoms with E-state index in [1.165, 1.54) is 5.56 Å². The summed E-state index contributed by atoms with van der Waals surface area (Å²) in [6.07, 6.45) is 4.50. The fraction of sp³-hybridized carbons (Fsp3) is 0.621. The van der Waals surface area contributed by atoms with Gasteiger partial charge in [-0.1, -0.05) is 51.7 Å². The van der Waals surface area contributed by atoms with Crippen molar-refractivity contribution in [1.29, 1.82) is 0 Å². The van der Waals surface area contributed by atoms with Crippen LogP contribution in [-0.4, -0.2) is 10.1 Å². The lowest BCUT2D eigenvalue weighted by Gasteiger charge is -2.37. The number of aliphatic hydroxyl groups is 1. The summed E-state index contributed by atoms with van der Waals surface area (Å²) < 4.78 is 46.7. The largest absolute Gasteiger partial charge is 0.416 e. The SMILES string of the molecule is CC1(C)Cc2nc3c(c(C4CCCC4)c2[C@@H](O)C1)C(c1ccc(C(F)(F)F)cc1)OC31CCCC1. The molecule has 0 saturated heterocycles. The molecular weight excluding hydrogens is 451 g/mol. The topological polar surface area (TPSA) is 42.4 Å². The Morgan fingerprint density at radius 2 is 1.60 bits per heavy atom. The van der Waals surface area contributed by atoms with Crippen LogP contribution in [0.15, 0.2) is 24.3 Å². The number of benzene rings is 1. The van der Waals surface area contributed by atoms with Crippen LogP contribution in [0.1, 0.15) is 129 Å². The third kappa shape index (κ3) is 3.83. The highest BCUT2D eigenvalue weighted by Crippen LogP contribution is 2.58. The Balaban J connectivity index is 1.57. The van der Waals surface area contributed by atoms with Crippen LogP contribution in [0, 0.1) is 5.41 Å². The number of fused-ring (bicyclic) bond motifs is 3. The first kappa shape index (κ1) is 23.5. The number of halogens is 3. The smallest absolute Gasteiger partial charge is 0.388 e. The summed E-state index contributed by atoms with van der Waals surface area (Å²) >= 11 is 0. The molecule has 1 aromatic carbocycles. The number of hydrogen-bond acceptors (Lipinski definition) is 3. The van der Waals surface area contributed by atoms with Gasteiger partial charge in [-0.05, 0) is 73.1 Å². The third-order valence-electron chi connectivity index (χ3n) is 8.87. The summed E-state index contributed by atoms with van der Waals surface area (Å²) in [5.74, 6) is 0.341. The molecule has 3 nitrogen and oxygen atoms in total. The van der Waals surface area contributed by atoms with Gasteiger partial charge in [-0.25, -0.2) is 0 Å². The molecule has 6 heteroatoms. The number of rotatable bonds is 2. The molecule has 6 rings (SSSR count). The molecule has 3 aliphatic carbocycles. The quantitative estimate of drug-likeness (QED) is 0.475. The molecule has 2 fully saturated rings. The maximum Gasteiger partial charge on any atom is 0.416 e. The number of aromatic nitrogens is 1. The standard InChI is InChI=1S/C29H34F3NO2/c1-27(2)15-20-23(21(34)16-27)22(17-7-3-4-8-17)24-25(18-9-11-19(12-10-18)29(30,31)32)35-28(26(24)33-20)13-5-6-14-28/h9-12,17,21,25,34H,3-8,13-16H2,1-2H3/t21-,25?/m0/s1. The minimum absolute atomic E-state index is 0.0320. The molecule has 35 heavy (non-hydrogen) atoms. The van der Waals surface area contributed by atoms with Crippen LogP contribution < -0.4 is 0 Å². The molecule has 2 saturated carbocycles. The molecule has 188 valence electrons. The lowest BCUT2D eigenvalue weighted by atomic mass is 9.70. The second-order valence-corrected chi connectivity index (χ2v) is 12.0. The summed E-state index contributed by atoms with van der Waals surface area (Å²) in [6, 6.07) is 5.47. The van der Waals surface area contributed by atoms with Gasteiger partial charge in [0, 0.05) is 16.8 Å². The second kappa shape index (κ2) is 8.04. The average molecular weight is 486 g/mol. The number of hydrogen-bond donors (Lipinski definition) is 1. The molecule has 4 aliphatic rings. The minimum atomic E-state index is -4.37. The predicted octanol–water partition coefficient (Wildman–Crippen LogP) is 7.65. The summed E-state index contributed by atoms with van der Waals surface area (Å²) in [4.78, 5) is 5.27. The molecule has 1 aromatic heterocycles. The van der Waals surface area contributed by atoms with Gasteiger partial charge in [-0.15, -0.1) is 0 Å². The van der Waals surface area contributed by atoms with E-state index >= 15 is 0 Å². The van der Waals surface area contributed by atoms with E-state index in [9.17, 15) is 18.3 Å². The lowest BCUT2D eigenvalue weighted by Crippen LogP contribution is -2.30. The molecular formula is C29H34F3NO2. The molecule has 2 atom stereocenters. The van der Waals surface area contributed by atoms with Crippen molar-refractivity contribution >= 4 is 0 Å². The Kier molecular flexibility index (Phi) is 5.39. The molecule has 1 aliphatic heterocycles. The van der Waals surface area contributed by atoms with Gasteiger partial charge >= 0.3 is 6.18 Å². The normalized spacial score (nSPS) is 27.4. The minimum Gasteiger partial charge on any atom is -0.388 e. The number of nitrogens with zero attached hydrogens (tertiary/aromatic N) is 1. The van der Waals surface area contributed by atoms with Gasteiger partial charge in [0.2, 0.25) is 0 Å². The zero-order chi connectivity index (χ0) is 24.6. The molecule has 0 bridgehead atoms. The van der Waals surface area contributed by atoms with E-state index < -0.39 is 29.5 Å². The van der Waals surface area contributed by atoms with Crippen LogP contribution in [0.4, 0.5) is 13.2 Å². The molecule has 0 radical (unpaired) electrons. The molecule has 1 spiro atoms. The Morgan fingerprint density at radius 1 is 0.943 bits per heavy atom. The van der Waals surface area contributed by atoms with Gasteiger partial charge in [0.15, 0.2) is 0 Å². The third-order valence-corrected chi connectivity index (χ3v) is 8.87. The van der Waals surface area contributed by atoms with Crippen molar-refractivity contribution in [2.75, 3.05) is 0 Å². The van der Waals surface area contributed by atoms with Crippen LogP contribution in [0.3, 0.4) is 0 Å². The highest BCUT2D eigenvalue weighted by atomic mass is 19.4. The van der Waals surface area contributed by atoms with Crippen LogP contribution >= 0.6 is 0 Å². The summed E-state index contributed by atoms with van der Waals surface area (Å²) in [7, 11) is 0. The van der Waals surface area contributed by atoms with Gasteiger partial charge in [0.25, 0.3) is 0 Å². The summed E-state index contributed by atoms with van der Waals surface area (Å²) in [5, 5.41) is 11.4. The van der Waals surface area contributed by atoms with Crippen molar-refractivity contribution in [1.82, 2.24) is 4.98 Å². The number of ether oxygens (including phenoxy) is 1. The van der Waals surface area contributed by atoms with Crippen molar-refractivity contribution in [3.05, 3.63) is 63.5 Å². The van der Waals surface area contributed by atoms with E-state index in [4.69, 9.17) is 9.72 Å². The molecule has 2 heterocycles. The van der Waals surface area contributed by atoms with Gasteiger partial charge in [-0.3, -0.25) is 4.98 Å². The van der Waals surface area contributed by atoms with Crippen molar-refractivity contribution in [2.45, 2.75) is 108 Å². The van der Waals surface area contributed by atoms with Crippen LogP contribution in [0.2, 0.25) is 0 Å². The van der Waals surface area contributed by atoms with Crippen molar-refractivity contribution in [3.8, 4) is 0 Å². The number of alkyl halides is 3. The Bertz CT molecular complexity index is 1130. The van der Waals surface area contributed by atoms with Crippen molar-refractivity contribution < 1.29 is 23.0 Å². The average Bonchev–Trinajstić information content (AvgIpc) is 3.53. The maximum atomic E-state index is 13.3. The zero-order valence-electron chi connectivity index (χ0n) is 20.5. The Morgan fingerprint density at radius 3 is 2.23 bits per heavy atom. The van der Waals surface area contributed by atoms with E-state index in [-0.39, 0.29) is 5.41 Å². The van der Waals surface area contributed by atoms with Crippen LogP contribution in [0.25, 0.3) is 0 Å². The van der Waals surface area contributed by atoms with Gasteiger partial charge < -0.3 is 9.84 Å². The summed E-state index contributed by atoms with van der Waals surface area (Å²) in [6.45, 7) is 4.38. The molecule has 0 amide bonds. The predicted molar refractivity (Wildman–Crippen MR) is 127 cm³/mol. The van der Waals surface area contributed by atoms with E-state index in [0.29, 0.717) is 12.3 Å². The van der Waals surface area contributed by atoms with E-state index in [1.807, 2.05) is 0 Å². The van der Waals surface area contributed by atoms with E-state index in [1.54, 1.807) is 12.1 Å². The molecule has 1 unspecified atom stereocenters. The lowest BCUT2D eigenvalue weighted by molar-refractivity contribution is -0.137. The Hall–Kier alpha value is -1.92. The van der Waals surface area contributed by atoms with Crippen LogP contribution in [-0.2, 0) is 22.9 Å². The first-order chi connectivity index (χ1) is 16.6. The fourth-order valence-electron chi connectivity index (χ4n) is 7.33. The van der Waals surface area contributed by atoms with Crippen LogP contribution in [0.5, 0.6) is 0 Å². The van der Waals surface area contributed by atoms with Crippen molar-refractivity contribution in [3.63, 3.8) is 0 Å². The maximum absolute atomic E-state index is 13.3. The second-order valence-electron chi connectivity index (χ2n) is 12.0. The zero-order valence-corrected chi connectivity index (χ0v) is 20.5. The molecule has 1 N–H and O–H groups in total. The highest BCUT2D eigenvalue weighted by molar-refractivity contribution is 5.53. The van der Waals surface area contributed by atoms with E-state index in [0.717, 1.165) is 98.0 Å². The molecule has 2 aromatic rings. The monoisotopic (exact) mass is 485 g/mol. The fourth-order valence-corrected chi connectivity index (χ4v) is 7.33. The number of pyridine rings is 1. The van der Waals surface area contributed by atoms with Gasteiger partial charge in [0.1, 0.15) is 11.7 Å². The Labute approximate surface area is 205 Å². The van der Waals surface area contributed by atoms with Gasteiger partial charge in [0.05, 0.1) is 17.4 Å². The first-order valence-corrected chi connectivity index (χ1v) is 13.2. The number of aliphatic hydroxyl groups excluding tert-OH is 1. The van der Waals surface area contributed by atoms with Crippen molar-refractivity contribution in [2.24, 2.45) is 5.41 Å². The van der Waals surface area contributed by atoms with E-state index in [2.05, 4.69) is 13.8 Å². The van der Waals surface area contributed by atoms with Gasteiger partial charge in [-0.2, -0.15) is 13.2 Å². The highest BCUT2D eigenvalue weighted by Gasteiger charge is 2.52. The first-order valence-electron chi connectivity index (χ1n) is 13.2. The summed E-state index contributed by atoms with van der Waals surface area (Å²) in [5.41, 5.74) is 4.86.